The van der Waals surface area contributed by atoms with Crippen LogP contribution in [0.3, 0.4) is 0 Å². The minimum absolute atomic E-state index is 0. The second kappa shape index (κ2) is 7.48. The third kappa shape index (κ3) is 3.59. The van der Waals surface area contributed by atoms with Gasteiger partial charge in [-0.25, -0.2) is 8.42 Å². The first-order valence-corrected chi connectivity index (χ1v) is 10.4. The zero-order chi connectivity index (χ0) is 16.8. The van der Waals surface area contributed by atoms with Crippen LogP contribution in [-0.4, -0.2) is 31.9 Å². The summed E-state index contributed by atoms with van der Waals surface area (Å²) in [5.74, 6) is 0.215. The summed E-state index contributed by atoms with van der Waals surface area (Å²) in [5.41, 5.74) is 5.99. The van der Waals surface area contributed by atoms with Gasteiger partial charge in [0.1, 0.15) is 4.90 Å². The fraction of sp³-hybridized carbons (Fsp3) is 0.500. The highest BCUT2D eigenvalue weighted by Gasteiger charge is 2.34. The highest BCUT2D eigenvalue weighted by Crippen LogP contribution is 2.38. The van der Waals surface area contributed by atoms with Crippen LogP contribution in [0.4, 0.5) is 0 Å². The van der Waals surface area contributed by atoms with Gasteiger partial charge < -0.3 is 5.73 Å². The molecule has 0 amide bonds. The molecule has 1 aliphatic heterocycles. The van der Waals surface area contributed by atoms with E-state index < -0.39 is 10.0 Å². The number of halogens is 2. The number of nitrogens with two attached hydrogens (primary N) is 1. The van der Waals surface area contributed by atoms with Crippen molar-refractivity contribution in [3.8, 4) is 0 Å². The lowest BCUT2D eigenvalue weighted by Gasteiger charge is -2.33. The third-order valence-electron chi connectivity index (χ3n) is 4.53. The quantitative estimate of drug-likeness (QED) is 0.833. The molecule has 24 heavy (non-hydrogen) atoms. The van der Waals surface area contributed by atoms with Gasteiger partial charge in [-0.3, -0.25) is 0 Å². The molecule has 1 aliphatic rings. The van der Waals surface area contributed by atoms with Gasteiger partial charge in [-0.05, 0) is 50.8 Å². The van der Waals surface area contributed by atoms with E-state index in [0.717, 1.165) is 27.8 Å². The van der Waals surface area contributed by atoms with Gasteiger partial charge in [-0.2, -0.15) is 4.31 Å². The summed E-state index contributed by atoms with van der Waals surface area (Å²) in [4.78, 5) is 1.22. The molecular formula is C16H22Cl2N2O2S2. The average Bonchev–Trinajstić information content (AvgIpc) is 2.83. The number of nitrogens with zero attached hydrogens (tertiary/aromatic N) is 1. The van der Waals surface area contributed by atoms with Crippen LogP contribution in [-0.2, 0) is 10.0 Å². The summed E-state index contributed by atoms with van der Waals surface area (Å²) in [5, 5.41) is 1.28. The van der Waals surface area contributed by atoms with Crippen molar-refractivity contribution in [2.24, 2.45) is 11.7 Å². The Kier molecular flexibility index (Phi) is 6.21. The van der Waals surface area contributed by atoms with Crippen molar-refractivity contribution in [3.05, 3.63) is 28.1 Å². The van der Waals surface area contributed by atoms with Crippen molar-refractivity contribution in [2.45, 2.75) is 37.6 Å². The zero-order valence-corrected chi connectivity index (χ0v) is 16.9. The number of fused-ring (bicyclic) bond motifs is 1. The normalized spacial score (nSPS) is 20.8. The Bertz CT molecular complexity index is 834. The van der Waals surface area contributed by atoms with Gasteiger partial charge in [-0.1, -0.05) is 11.6 Å². The SMILES string of the molecule is Cc1sc2ccc(Cl)cc2c1S(=O)(=O)N1CCCC(C(C)N)C1.Cl. The number of piperidine rings is 1. The van der Waals surface area contributed by atoms with Crippen molar-refractivity contribution >= 4 is 55.5 Å². The van der Waals surface area contributed by atoms with E-state index in [-0.39, 0.29) is 24.4 Å². The van der Waals surface area contributed by atoms with Crippen LogP contribution in [0.2, 0.25) is 5.02 Å². The lowest BCUT2D eigenvalue weighted by atomic mass is 9.93. The van der Waals surface area contributed by atoms with E-state index in [2.05, 4.69) is 0 Å². The van der Waals surface area contributed by atoms with Crippen molar-refractivity contribution < 1.29 is 8.42 Å². The summed E-state index contributed by atoms with van der Waals surface area (Å²) in [7, 11) is -3.53. The van der Waals surface area contributed by atoms with Gasteiger partial charge in [0.05, 0.1) is 0 Å². The van der Waals surface area contributed by atoms with Crippen molar-refractivity contribution in [1.82, 2.24) is 4.31 Å². The number of thiophene rings is 1. The molecule has 0 radical (unpaired) electrons. The van der Waals surface area contributed by atoms with Gasteiger partial charge in [0.2, 0.25) is 10.0 Å². The largest absolute Gasteiger partial charge is 0.328 e. The van der Waals surface area contributed by atoms with Crippen LogP contribution in [0, 0.1) is 12.8 Å². The minimum atomic E-state index is -3.53. The Balaban J connectivity index is 0.00000208. The molecule has 0 bridgehead atoms. The van der Waals surface area contributed by atoms with E-state index in [9.17, 15) is 8.42 Å². The molecule has 2 aromatic rings. The summed E-state index contributed by atoms with van der Waals surface area (Å²) >= 11 is 7.58. The van der Waals surface area contributed by atoms with E-state index >= 15 is 0 Å². The zero-order valence-electron chi connectivity index (χ0n) is 13.7. The van der Waals surface area contributed by atoms with Crippen LogP contribution in [0.1, 0.15) is 24.6 Å². The van der Waals surface area contributed by atoms with Crippen LogP contribution >= 0.6 is 35.3 Å². The number of rotatable bonds is 3. The maximum absolute atomic E-state index is 13.2. The lowest BCUT2D eigenvalue weighted by Crippen LogP contribution is -2.45. The third-order valence-corrected chi connectivity index (χ3v) is 8.04. The topological polar surface area (TPSA) is 63.4 Å². The molecule has 2 unspecified atom stereocenters. The Morgan fingerprint density at radius 2 is 2.12 bits per heavy atom. The lowest BCUT2D eigenvalue weighted by molar-refractivity contribution is 0.243. The fourth-order valence-corrected chi connectivity index (χ4v) is 6.68. The Morgan fingerprint density at radius 3 is 2.79 bits per heavy atom. The standard InChI is InChI=1S/C16H21ClN2O2S2.ClH/c1-10(18)12-4-3-7-19(9-12)23(20,21)16-11(2)22-15-6-5-13(17)8-14(15)16;/h5-6,8,10,12H,3-4,7,9,18H2,1-2H3;1H. The monoisotopic (exact) mass is 408 g/mol. The smallest absolute Gasteiger partial charge is 0.244 e. The second-order valence-electron chi connectivity index (χ2n) is 6.25. The molecule has 8 heteroatoms. The van der Waals surface area contributed by atoms with E-state index in [4.69, 9.17) is 17.3 Å². The number of aryl methyl sites for hydroxylation is 1. The average molecular weight is 409 g/mol. The Morgan fingerprint density at radius 1 is 1.42 bits per heavy atom. The molecule has 0 aliphatic carbocycles. The molecule has 2 heterocycles. The molecule has 1 aromatic heterocycles. The molecule has 2 atom stereocenters. The highest BCUT2D eigenvalue weighted by atomic mass is 35.5. The Labute approximate surface area is 158 Å². The fourth-order valence-electron chi connectivity index (χ4n) is 3.24. The first-order chi connectivity index (χ1) is 10.8. The van der Waals surface area contributed by atoms with Crippen molar-refractivity contribution in [2.75, 3.05) is 13.1 Å². The molecule has 1 saturated heterocycles. The van der Waals surface area contributed by atoms with Crippen LogP contribution in [0.25, 0.3) is 10.1 Å². The molecule has 1 aromatic carbocycles. The first kappa shape index (κ1) is 19.9. The minimum Gasteiger partial charge on any atom is -0.328 e. The summed E-state index contributed by atoms with van der Waals surface area (Å²) in [6, 6.07) is 5.43. The van der Waals surface area contributed by atoms with E-state index in [1.807, 2.05) is 19.9 Å². The molecule has 0 saturated carbocycles. The molecule has 3 rings (SSSR count). The van der Waals surface area contributed by atoms with Gasteiger partial charge in [0.15, 0.2) is 0 Å². The second-order valence-corrected chi connectivity index (χ2v) is 9.82. The summed E-state index contributed by atoms with van der Waals surface area (Å²) < 4.78 is 29.0. The molecule has 4 nitrogen and oxygen atoms in total. The molecule has 1 fully saturated rings. The summed E-state index contributed by atoms with van der Waals surface area (Å²) in [6.45, 7) is 4.87. The van der Waals surface area contributed by atoms with Gasteiger partial charge in [0, 0.05) is 39.1 Å². The van der Waals surface area contributed by atoms with Crippen LogP contribution in [0.5, 0.6) is 0 Å². The molecule has 2 N–H and O–H groups in total. The van der Waals surface area contributed by atoms with Gasteiger partial charge in [0.25, 0.3) is 0 Å². The molecule has 134 valence electrons. The van der Waals surface area contributed by atoms with Crippen molar-refractivity contribution in [3.63, 3.8) is 0 Å². The highest BCUT2D eigenvalue weighted by molar-refractivity contribution is 7.89. The van der Waals surface area contributed by atoms with Gasteiger partial charge in [-0.15, -0.1) is 23.7 Å². The van der Waals surface area contributed by atoms with E-state index in [1.54, 1.807) is 16.4 Å². The first-order valence-electron chi connectivity index (χ1n) is 7.75. The van der Waals surface area contributed by atoms with E-state index in [1.165, 1.54) is 11.3 Å². The van der Waals surface area contributed by atoms with Gasteiger partial charge >= 0.3 is 0 Å². The molecular weight excluding hydrogens is 387 g/mol. The number of hydrogen-bond donors (Lipinski definition) is 1. The maximum Gasteiger partial charge on any atom is 0.244 e. The molecule has 0 spiro atoms. The Hall–Kier alpha value is -0.370. The predicted octanol–water partition coefficient (Wildman–Crippen LogP) is 4.03. The number of hydrogen-bond acceptors (Lipinski definition) is 4. The predicted molar refractivity (Wildman–Crippen MR) is 104 cm³/mol. The van der Waals surface area contributed by atoms with Crippen molar-refractivity contribution in [1.29, 1.82) is 0 Å². The van der Waals surface area contributed by atoms with Crippen LogP contribution < -0.4 is 5.73 Å². The maximum atomic E-state index is 13.2. The number of sulfonamides is 1. The summed E-state index contributed by atoms with van der Waals surface area (Å²) in [6.07, 6.45) is 1.84. The van der Waals surface area contributed by atoms with E-state index in [0.29, 0.717) is 23.0 Å². The van der Waals surface area contributed by atoms with Crippen LogP contribution in [0.15, 0.2) is 23.1 Å². The number of benzene rings is 1.